The molecule has 1 N–H and O–H groups in total. The van der Waals surface area contributed by atoms with Gasteiger partial charge in [0, 0.05) is 31.5 Å². The lowest BCUT2D eigenvalue weighted by Crippen LogP contribution is -2.19. The van der Waals surface area contributed by atoms with Crippen molar-refractivity contribution in [2.75, 3.05) is 20.3 Å². The maximum Gasteiger partial charge on any atom is 0.159 e. The molecule has 1 aromatic heterocycles. The van der Waals surface area contributed by atoms with E-state index in [0.717, 1.165) is 35.9 Å². The van der Waals surface area contributed by atoms with Gasteiger partial charge in [-0.2, -0.15) is 0 Å². The van der Waals surface area contributed by atoms with Crippen molar-refractivity contribution in [1.29, 1.82) is 0 Å². The third-order valence-electron chi connectivity index (χ3n) is 3.01. The summed E-state index contributed by atoms with van der Waals surface area (Å²) in [6.45, 7) is 6.32. The van der Waals surface area contributed by atoms with Crippen molar-refractivity contribution < 1.29 is 4.74 Å². The second-order valence-electron chi connectivity index (χ2n) is 4.86. The number of hydrogen-bond acceptors (Lipinski definition) is 4. The molecule has 20 heavy (non-hydrogen) atoms. The van der Waals surface area contributed by atoms with E-state index in [9.17, 15) is 0 Å². The molecule has 4 heteroatoms. The van der Waals surface area contributed by atoms with E-state index in [1.165, 1.54) is 5.56 Å². The molecule has 0 saturated heterocycles. The molecule has 0 bridgehead atoms. The van der Waals surface area contributed by atoms with Crippen LogP contribution in [0.4, 0.5) is 0 Å². The largest absolute Gasteiger partial charge is 0.383 e. The van der Waals surface area contributed by atoms with Crippen molar-refractivity contribution in [3.8, 4) is 11.4 Å². The fraction of sp³-hybridized carbons (Fsp3) is 0.375. The van der Waals surface area contributed by atoms with E-state index in [4.69, 9.17) is 4.74 Å². The van der Waals surface area contributed by atoms with Gasteiger partial charge in [0.25, 0.3) is 0 Å². The van der Waals surface area contributed by atoms with Crippen LogP contribution in [0.25, 0.3) is 11.4 Å². The van der Waals surface area contributed by atoms with Crippen molar-refractivity contribution in [3.63, 3.8) is 0 Å². The van der Waals surface area contributed by atoms with Crippen LogP contribution in [-0.4, -0.2) is 30.2 Å². The van der Waals surface area contributed by atoms with Crippen molar-refractivity contribution in [2.24, 2.45) is 0 Å². The molecule has 1 aromatic carbocycles. The molecular formula is C16H21N3O. The van der Waals surface area contributed by atoms with Gasteiger partial charge in [-0.25, -0.2) is 9.97 Å². The first kappa shape index (κ1) is 14.6. The van der Waals surface area contributed by atoms with E-state index >= 15 is 0 Å². The molecule has 0 atom stereocenters. The highest BCUT2D eigenvalue weighted by molar-refractivity contribution is 5.55. The summed E-state index contributed by atoms with van der Waals surface area (Å²) in [5.41, 5.74) is 4.28. The van der Waals surface area contributed by atoms with E-state index in [-0.39, 0.29) is 0 Å². The summed E-state index contributed by atoms with van der Waals surface area (Å²) < 4.78 is 5.01. The molecule has 106 valence electrons. The van der Waals surface area contributed by atoms with Crippen LogP contribution in [0.1, 0.15) is 17.0 Å². The van der Waals surface area contributed by atoms with Crippen LogP contribution in [0.5, 0.6) is 0 Å². The predicted octanol–water partition coefficient (Wildman–Crippen LogP) is 2.50. The van der Waals surface area contributed by atoms with Crippen LogP contribution in [0.3, 0.4) is 0 Å². The van der Waals surface area contributed by atoms with Crippen LogP contribution in [0.2, 0.25) is 0 Å². The third kappa shape index (κ3) is 4.11. The Balaban J connectivity index is 2.13. The number of nitrogens with one attached hydrogen (secondary N) is 1. The summed E-state index contributed by atoms with van der Waals surface area (Å²) >= 11 is 0. The van der Waals surface area contributed by atoms with Crippen LogP contribution < -0.4 is 5.32 Å². The molecule has 0 fully saturated rings. The van der Waals surface area contributed by atoms with Gasteiger partial charge >= 0.3 is 0 Å². The highest BCUT2D eigenvalue weighted by Gasteiger charge is 2.04. The molecule has 0 saturated carbocycles. The fourth-order valence-corrected chi connectivity index (χ4v) is 1.95. The summed E-state index contributed by atoms with van der Waals surface area (Å²) in [5.74, 6) is 0.786. The van der Waals surface area contributed by atoms with Crippen LogP contribution in [0.15, 0.2) is 30.3 Å². The molecule has 0 aliphatic heterocycles. The summed E-state index contributed by atoms with van der Waals surface area (Å²) in [4.78, 5) is 9.13. The van der Waals surface area contributed by atoms with E-state index in [1.807, 2.05) is 13.0 Å². The summed E-state index contributed by atoms with van der Waals surface area (Å²) in [7, 11) is 1.70. The lowest BCUT2D eigenvalue weighted by molar-refractivity contribution is 0.199. The predicted molar refractivity (Wildman–Crippen MR) is 80.5 cm³/mol. The number of benzene rings is 1. The third-order valence-corrected chi connectivity index (χ3v) is 3.01. The summed E-state index contributed by atoms with van der Waals surface area (Å²) in [5, 5.41) is 3.30. The minimum absolute atomic E-state index is 0.703. The first-order valence-corrected chi connectivity index (χ1v) is 6.80. The van der Waals surface area contributed by atoms with E-state index < -0.39 is 0 Å². The molecule has 2 aromatic rings. The number of hydrogen-bond donors (Lipinski definition) is 1. The Kier molecular flexibility index (Phi) is 5.21. The lowest BCUT2D eigenvalue weighted by atomic mass is 10.1. The minimum Gasteiger partial charge on any atom is -0.383 e. The number of nitrogens with zero attached hydrogens (tertiary/aromatic N) is 2. The smallest absolute Gasteiger partial charge is 0.159 e. The van der Waals surface area contributed by atoms with Crippen molar-refractivity contribution >= 4 is 0 Å². The van der Waals surface area contributed by atoms with Gasteiger partial charge in [0.2, 0.25) is 0 Å². The van der Waals surface area contributed by atoms with Gasteiger partial charge in [0.15, 0.2) is 5.82 Å². The topological polar surface area (TPSA) is 47.0 Å². The summed E-state index contributed by atoms with van der Waals surface area (Å²) in [6.07, 6.45) is 0. The normalized spacial score (nSPS) is 10.8. The van der Waals surface area contributed by atoms with Gasteiger partial charge in [-0.05, 0) is 19.9 Å². The molecule has 0 spiro atoms. The van der Waals surface area contributed by atoms with E-state index in [0.29, 0.717) is 6.61 Å². The standard InChI is InChI=1S/C16H21N3O/c1-12-4-6-14(7-5-12)16-18-13(2)10-15(19-16)11-17-8-9-20-3/h4-7,10,17H,8-9,11H2,1-3H3. The van der Waals surface area contributed by atoms with Gasteiger partial charge < -0.3 is 10.1 Å². The van der Waals surface area contributed by atoms with E-state index in [1.54, 1.807) is 7.11 Å². The Morgan fingerprint density at radius 2 is 1.85 bits per heavy atom. The molecular weight excluding hydrogens is 250 g/mol. The van der Waals surface area contributed by atoms with Crippen molar-refractivity contribution in [3.05, 3.63) is 47.3 Å². The Hall–Kier alpha value is -1.78. The Bertz CT molecular complexity index is 552. The maximum atomic E-state index is 5.01. The fourth-order valence-electron chi connectivity index (χ4n) is 1.95. The zero-order valence-corrected chi connectivity index (χ0v) is 12.3. The number of ether oxygens (including phenoxy) is 1. The van der Waals surface area contributed by atoms with E-state index in [2.05, 4.69) is 46.5 Å². The average Bonchev–Trinajstić information content (AvgIpc) is 2.44. The quantitative estimate of drug-likeness (QED) is 0.820. The Morgan fingerprint density at radius 1 is 1.10 bits per heavy atom. The highest BCUT2D eigenvalue weighted by Crippen LogP contribution is 2.16. The second-order valence-corrected chi connectivity index (χ2v) is 4.86. The SMILES string of the molecule is COCCNCc1cc(C)nc(-c2ccc(C)cc2)n1. The lowest BCUT2D eigenvalue weighted by Gasteiger charge is -2.07. The maximum absolute atomic E-state index is 5.01. The first-order chi connectivity index (χ1) is 9.69. The monoisotopic (exact) mass is 271 g/mol. The van der Waals surface area contributed by atoms with Crippen molar-refractivity contribution in [1.82, 2.24) is 15.3 Å². The number of aromatic nitrogens is 2. The molecule has 2 rings (SSSR count). The van der Waals surface area contributed by atoms with Gasteiger partial charge in [-0.15, -0.1) is 0 Å². The van der Waals surface area contributed by atoms with Crippen LogP contribution >= 0.6 is 0 Å². The van der Waals surface area contributed by atoms with Gasteiger partial charge in [0.1, 0.15) is 0 Å². The number of aryl methyl sites for hydroxylation is 2. The van der Waals surface area contributed by atoms with Crippen LogP contribution in [0, 0.1) is 13.8 Å². The molecule has 0 aliphatic rings. The molecule has 0 amide bonds. The zero-order valence-electron chi connectivity index (χ0n) is 12.3. The zero-order chi connectivity index (χ0) is 14.4. The van der Waals surface area contributed by atoms with Gasteiger partial charge in [-0.3, -0.25) is 0 Å². The number of rotatable bonds is 6. The molecule has 0 radical (unpaired) electrons. The minimum atomic E-state index is 0.703. The molecule has 4 nitrogen and oxygen atoms in total. The Labute approximate surface area is 120 Å². The van der Waals surface area contributed by atoms with Crippen LogP contribution in [-0.2, 0) is 11.3 Å². The molecule has 1 heterocycles. The van der Waals surface area contributed by atoms with Crippen molar-refractivity contribution in [2.45, 2.75) is 20.4 Å². The second kappa shape index (κ2) is 7.12. The van der Waals surface area contributed by atoms with Gasteiger partial charge in [0.05, 0.1) is 12.3 Å². The van der Waals surface area contributed by atoms with Gasteiger partial charge in [-0.1, -0.05) is 29.8 Å². The Morgan fingerprint density at radius 3 is 2.55 bits per heavy atom. The highest BCUT2D eigenvalue weighted by atomic mass is 16.5. The number of methoxy groups -OCH3 is 1. The summed E-state index contributed by atoms with van der Waals surface area (Å²) in [6, 6.07) is 10.3. The first-order valence-electron chi connectivity index (χ1n) is 6.80. The molecule has 0 unspecified atom stereocenters. The molecule has 0 aliphatic carbocycles. The average molecular weight is 271 g/mol.